The van der Waals surface area contributed by atoms with Crippen molar-refractivity contribution in [3.05, 3.63) is 58.1 Å². The Bertz CT molecular complexity index is 744. The fraction of sp³-hybridized carbons (Fsp3) is 0.125. The van der Waals surface area contributed by atoms with E-state index >= 15 is 0 Å². The van der Waals surface area contributed by atoms with Crippen molar-refractivity contribution >= 4 is 17.3 Å². The van der Waals surface area contributed by atoms with Crippen LogP contribution in [-0.4, -0.2) is 7.11 Å². The van der Waals surface area contributed by atoms with E-state index in [1.165, 1.54) is 0 Å². The molecule has 0 fully saturated rings. The van der Waals surface area contributed by atoms with Crippen LogP contribution in [0.1, 0.15) is 16.7 Å². The molecule has 0 saturated heterocycles. The van der Waals surface area contributed by atoms with Gasteiger partial charge in [0.15, 0.2) is 0 Å². The molecule has 0 aliphatic rings. The summed E-state index contributed by atoms with van der Waals surface area (Å²) in [5, 5.41) is 21.4. The van der Waals surface area contributed by atoms with Gasteiger partial charge in [-0.15, -0.1) is 0 Å². The first kappa shape index (κ1) is 14.7. The average Bonchev–Trinajstić information content (AvgIpc) is 2.53. The third-order valence-electron chi connectivity index (χ3n) is 2.98. The molecule has 0 spiro atoms. The molecule has 0 atom stereocenters. The maximum atomic E-state index is 8.87. The lowest BCUT2D eigenvalue weighted by Crippen LogP contribution is -2.02. The lowest BCUT2D eigenvalue weighted by molar-refractivity contribution is 0.416. The van der Waals surface area contributed by atoms with Crippen LogP contribution in [0.3, 0.4) is 0 Å². The van der Waals surface area contributed by atoms with Gasteiger partial charge in [-0.05, 0) is 29.8 Å². The van der Waals surface area contributed by atoms with E-state index in [0.717, 1.165) is 11.3 Å². The normalized spacial score (nSPS) is 9.52. The van der Waals surface area contributed by atoms with E-state index in [9.17, 15) is 0 Å². The van der Waals surface area contributed by atoms with E-state index in [0.29, 0.717) is 28.4 Å². The van der Waals surface area contributed by atoms with Gasteiger partial charge in [0.05, 0.1) is 36.1 Å². The number of benzene rings is 2. The first-order valence-electron chi connectivity index (χ1n) is 6.18. The van der Waals surface area contributed by atoms with Gasteiger partial charge in [0.25, 0.3) is 0 Å². The highest BCUT2D eigenvalue weighted by molar-refractivity contribution is 6.31. The van der Waals surface area contributed by atoms with Gasteiger partial charge in [0.2, 0.25) is 0 Å². The second-order valence-corrected chi connectivity index (χ2v) is 4.71. The molecule has 0 heterocycles. The molecular formula is C16H12ClN3O. The summed E-state index contributed by atoms with van der Waals surface area (Å²) in [6, 6.07) is 14.4. The fourth-order valence-electron chi connectivity index (χ4n) is 1.86. The fourth-order valence-corrected chi connectivity index (χ4v) is 2.10. The molecule has 0 amide bonds. The third kappa shape index (κ3) is 3.45. The van der Waals surface area contributed by atoms with Crippen LogP contribution in [0.15, 0.2) is 36.4 Å². The van der Waals surface area contributed by atoms with Crippen molar-refractivity contribution in [1.82, 2.24) is 0 Å². The standard InChI is InChI=1S/C16H12ClN3O/c1-21-16-7-12(9-19)3-5-15(16)20-10-13-4-2-11(8-18)6-14(13)17/h2-7,20H,10H2,1H3. The zero-order valence-electron chi connectivity index (χ0n) is 11.4. The monoisotopic (exact) mass is 297 g/mol. The van der Waals surface area contributed by atoms with E-state index in [1.807, 2.05) is 12.1 Å². The third-order valence-corrected chi connectivity index (χ3v) is 3.33. The van der Waals surface area contributed by atoms with E-state index in [-0.39, 0.29) is 0 Å². The Morgan fingerprint density at radius 1 is 1.10 bits per heavy atom. The van der Waals surface area contributed by atoms with Crippen LogP contribution in [0.2, 0.25) is 5.02 Å². The van der Waals surface area contributed by atoms with E-state index in [2.05, 4.69) is 11.4 Å². The Labute approximate surface area is 128 Å². The van der Waals surface area contributed by atoms with Gasteiger partial charge in [0, 0.05) is 17.6 Å². The van der Waals surface area contributed by atoms with Crippen molar-refractivity contribution in [1.29, 1.82) is 10.5 Å². The van der Waals surface area contributed by atoms with Crippen LogP contribution >= 0.6 is 11.6 Å². The Hall–Kier alpha value is -2.69. The maximum absolute atomic E-state index is 8.87. The van der Waals surface area contributed by atoms with Gasteiger partial charge >= 0.3 is 0 Å². The Balaban J connectivity index is 2.17. The molecule has 104 valence electrons. The van der Waals surface area contributed by atoms with Crippen LogP contribution in [0, 0.1) is 22.7 Å². The number of methoxy groups -OCH3 is 1. The minimum Gasteiger partial charge on any atom is -0.495 e. The molecule has 0 aliphatic carbocycles. The van der Waals surface area contributed by atoms with E-state index < -0.39 is 0 Å². The van der Waals surface area contributed by atoms with Crippen molar-refractivity contribution in [2.24, 2.45) is 0 Å². The van der Waals surface area contributed by atoms with Crippen molar-refractivity contribution in [3.8, 4) is 17.9 Å². The molecule has 21 heavy (non-hydrogen) atoms. The lowest BCUT2D eigenvalue weighted by atomic mass is 10.1. The summed E-state index contributed by atoms with van der Waals surface area (Å²) >= 11 is 6.13. The Morgan fingerprint density at radius 2 is 1.76 bits per heavy atom. The van der Waals surface area contributed by atoms with Crippen LogP contribution in [-0.2, 0) is 6.54 Å². The van der Waals surface area contributed by atoms with Gasteiger partial charge in [-0.25, -0.2) is 0 Å². The molecule has 0 unspecified atom stereocenters. The van der Waals surface area contributed by atoms with Gasteiger partial charge in [-0.1, -0.05) is 17.7 Å². The van der Waals surface area contributed by atoms with Crippen LogP contribution in [0.4, 0.5) is 5.69 Å². The molecule has 4 nitrogen and oxygen atoms in total. The van der Waals surface area contributed by atoms with E-state index in [1.54, 1.807) is 37.4 Å². The molecule has 0 aromatic heterocycles. The summed E-state index contributed by atoms with van der Waals surface area (Å²) in [4.78, 5) is 0. The molecule has 2 rings (SSSR count). The second-order valence-electron chi connectivity index (χ2n) is 4.30. The number of rotatable bonds is 4. The van der Waals surface area contributed by atoms with Gasteiger partial charge in [-0.3, -0.25) is 0 Å². The number of ether oxygens (including phenoxy) is 1. The number of anilines is 1. The van der Waals surface area contributed by atoms with Gasteiger partial charge < -0.3 is 10.1 Å². The second kappa shape index (κ2) is 6.65. The van der Waals surface area contributed by atoms with Crippen molar-refractivity contribution in [3.63, 3.8) is 0 Å². The smallest absolute Gasteiger partial charge is 0.143 e. The molecular weight excluding hydrogens is 286 g/mol. The van der Waals surface area contributed by atoms with E-state index in [4.69, 9.17) is 26.9 Å². The minimum atomic E-state index is 0.493. The summed E-state index contributed by atoms with van der Waals surface area (Å²) in [5.74, 6) is 0.596. The van der Waals surface area contributed by atoms with Crippen LogP contribution in [0.5, 0.6) is 5.75 Å². The predicted octanol–water partition coefficient (Wildman–Crippen LogP) is 3.70. The first-order valence-corrected chi connectivity index (χ1v) is 6.56. The molecule has 5 heteroatoms. The molecule has 2 aromatic rings. The summed E-state index contributed by atoms with van der Waals surface area (Å²) < 4.78 is 5.25. The molecule has 1 N–H and O–H groups in total. The van der Waals surface area contributed by atoms with Crippen LogP contribution < -0.4 is 10.1 Å². The zero-order chi connectivity index (χ0) is 15.2. The first-order chi connectivity index (χ1) is 10.2. The maximum Gasteiger partial charge on any atom is 0.143 e. The molecule has 0 aliphatic heterocycles. The summed E-state index contributed by atoms with van der Waals surface area (Å²) in [7, 11) is 1.55. The lowest BCUT2D eigenvalue weighted by Gasteiger charge is -2.12. The number of halogens is 1. The van der Waals surface area contributed by atoms with Crippen molar-refractivity contribution in [2.75, 3.05) is 12.4 Å². The number of nitrogens with one attached hydrogen (secondary N) is 1. The molecule has 0 bridgehead atoms. The summed E-state index contributed by atoms with van der Waals surface area (Å²) in [6.45, 7) is 0.493. The Morgan fingerprint density at radius 3 is 2.38 bits per heavy atom. The number of hydrogen-bond acceptors (Lipinski definition) is 4. The van der Waals surface area contributed by atoms with Gasteiger partial charge in [0.1, 0.15) is 5.75 Å². The van der Waals surface area contributed by atoms with Gasteiger partial charge in [-0.2, -0.15) is 10.5 Å². The minimum absolute atomic E-state index is 0.493. The molecule has 0 saturated carbocycles. The van der Waals surface area contributed by atoms with Crippen LogP contribution in [0.25, 0.3) is 0 Å². The molecule has 2 aromatic carbocycles. The summed E-state index contributed by atoms with van der Waals surface area (Å²) in [5.41, 5.74) is 2.72. The summed E-state index contributed by atoms with van der Waals surface area (Å²) in [6.07, 6.45) is 0. The van der Waals surface area contributed by atoms with Crippen molar-refractivity contribution in [2.45, 2.75) is 6.54 Å². The van der Waals surface area contributed by atoms with Crippen molar-refractivity contribution < 1.29 is 4.74 Å². The highest BCUT2D eigenvalue weighted by atomic mass is 35.5. The SMILES string of the molecule is COc1cc(C#N)ccc1NCc1ccc(C#N)cc1Cl. The molecule has 0 radical (unpaired) electrons. The zero-order valence-corrected chi connectivity index (χ0v) is 12.1. The topological polar surface area (TPSA) is 68.8 Å². The average molecular weight is 298 g/mol. The highest BCUT2D eigenvalue weighted by Gasteiger charge is 2.06. The number of hydrogen-bond donors (Lipinski definition) is 1. The number of nitriles is 2. The largest absolute Gasteiger partial charge is 0.495 e. The quantitative estimate of drug-likeness (QED) is 0.934. The highest BCUT2D eigenvalue weighted by Crippen LogP contribution is 2.27. The number of nitrogens with zero attached hydrogens (tertiary/aromatic N) is 2. The predicted molar refractivity (Wildman–Crippen MR) is 81.2 cm³/mol. The Kier molecular flexibility index (Phi) is 4.66.